The Morgan fingerprint density at radius 2 is 1.57 bits per heavy atom. The van der Waals surface area contributed by atoms with Crippen LogP contribution in [0.5, 0.6) is 0 Å². The molecular formula is C13H14S. The predicted molar refractivity (Wildman–Crippen MR) is 66.0 cm³/mol. The minimum Gasteiger partial charge on any atom is -0.168 e. The van der Waals surface area contributed by atoms with E-state index in [9.17, 15) is 0 Å². The van der Waals surface area contributed by atoms with Crippen LogP contribution in [0.15, 0.2) is 42.5 Å². The van der Waals surface area contributed by atoms with E-state index in [1.54, 1.807) is 0 Å². The molecule has 0 N–H and O–H groups in total. The van der Waals surface area contributed by atoms with Crippen molar-refractivity contribution in [2.24, 2.45) is 0 Å². The molecule has 0 aromatic heterocycles. The molecule has 2 rings (SSSR count). The number of thiol groups is 1. The van der Waals surface area contributed by atoms with Crippen LogP contribution in [0.2, 0.25) is 0 Å². The number of hydrogen-bond donors (Lipinski definition) is 1. The maximum Gasteiger partial charge on any atom is 0.0322 e. The molecule has 0 bridgehead atoms. The summed E-state index contributed by atoms with van der Waals surface area (Å²) >= 11 is 4.57. The van der Waals surface area contributed by atoms with Crippen molar-refractivity contribution in [3.05, 3.63) is 48.0 Å². The Morgan fingerprint density at radius 3 is 2.21 bits per heavy atom. The van der Waals surface area contributed by atoms with Crippen molar-refractivity contribution in [2.45, 2.75) is 18.6 Å². The van der Waals surface area contributed by atoms with Gasteiger partial charge in [0.05, 0.1) is 0 Å². The highest BCUT2D eigenvalue weighted by molar-refractivity contribution is 7.81. The van der Waals surface area contributed by atoms with Gasteiger partial charge in [-0.2, -0.15) is 12.6 Å². The second-order valence-electron chi connectivity index (χ2n) is 4.12. The third-order valence-electron chi connectivity index (χ3n) is 2.46. The van der Waals surface area contributed by atoms with Crippen LogP contribution in [0.1, 0.15) is 19.4 Å². The van der Waals surface area contributed by atoms with Gasteiger partial charge in [0.2, 0.25) is 0 Å². The summed E-state index contributed by atoms with van der Waals surface area (Å²) in [5.41, 5.74) is 1.26. The van der Waals surface area contributed by atoms with Crippen molar-refractivity contribution >= 4 is 23.4 Å². The van der Waals surface area contributed by atoms with E-state index in [1.807, 2.05) is 0 Å². The molecule has 14 heavy (non-hydrogen) atoms. The Labute approximate surface area is 90.4 Å². The highest BCUT2D eigenvalue weighted by Gasteiger charge is 2.14. The van der Waals surface area contributed by atoms with Crippen molar-refractivity contribution in [1.82, 2.24) is 0 Å². The normalized spacial score (nSPS) is 11.9. The third kappa shape index (κ3) is 1.78. The molecular weight excluding hydrogens is 188 g/mol. The molecule has 0 unspecified atom stereocenters. The molecule has 1 heteroatoms. The lowest BCUT2D eigenvalue weighted by atomic mass is 9.98. The maximum absolute atomic E-state index is 4.57. The molecule has 0 heterocycles. The third-order valence-corrected chi connectivity index (χ3v) is 2.71. The number of benzene rings is 2. The summed E-state index contributed by atoms with van der Waals surface area (Å²) in [6, 6.07) is 14.9. The Hall–Kier alpha value is -0.950. The highest BCUT2D eigenvalue weighted by Crippen LogP contribution is 2.29. The van der Waals surface area contributed by atoms with Gasteiger partial charge in [-0.15, -0.1) is 0 Å². The van der Waals surface area contributed by atoms with Gasteiger partial charge in [0, 0.05) is 4.75 Å². The average molecular weight is 202 g/mol. The average Bonchev–Trinajstić information content (AvgIpc) is 2.16. The summed E-state index contributed by atoms with van der Waals surface area (Å²) in [7, 11) is 0. The van der Waals surface area contributed by atoms with Gasteiger partial charge in [-0.3, -0.25) is 0 Å². The lowest BCUT2D eigenvalue weighted by molar-refractivity contribution is 0.793. The maximum atomic E-state index is 4.57. The summed E-state index contributed by atoms with van der Waals surface area (Å²) in [5.74, 6) is 0. The van der Waals surface area contributed by atoms with Gasteiger partial charge >= 0.3 is 0 Å². The van der Waals surface area contributed by atoms with Gasteiger partial charge in [0.1, 0.15) is 0 Å². The van der Waals surface area contributed by atoms with Crippen LogP contribution < -0.4 is 0 Å². The Balaban J connectivity index is 2.63. The van der Waals surface area contributed by atoms with E-state index in [-0.39, 0.29) is 4.75 Å². The number of rotatable bonds is 1. The first-order valence-electron chi connectivity index (χ1n) is 4.79. The Morgan fingerprint density at radius 1 is 0.929 bits per heavy atom. The monoisotopic (exact) mass is 202 g/mol. The molecule has 0 fully saturated rings. The first kappa shape index (κ1) is 9.60. The summed E-state index contributed by atoms with van der Waals surface area (Å²) in [4.78, 5) is 0. The van der Waals surface area contributed by atoms with E-state index in [0.29, 0.717) is 0 Å². The second kappa shape index (κ2) is 3.32. The summed E-state index contributed by atoms with van der Waals surface area (Å²) in [5, 5.41) is 2.57. The van der Waals surface area contributed by atoms with Crippen molar-refractivity contribution in [3.8, 4) is 0 Å². The zero-order chi connectivity index (χ0) is 10.2. The molecule has 0 saturated heterocycles. The molecule has 2 aromatic rings. The number of fused-ring (bicyclic) bond motifs is 1. The van der Waals surface area contributed by atoms with Gasteiger partial charge in [0.15, 0.2) is 0 Å². The van der Waals surface area contributed by atoms with E-state index in [2.05, 4.69) is 68.9 Å². The molecule has 0 radical (unpaired) electrons. The first-order valence-corrected chi connectivity index (χ1v) is 5.24. The molecule has 0 aliphatic rings. The molecule has 0 aliphatic heterocycles. The minimum atomic E-state index is -0.0654. The summed E-state index contributed by atoms with van der Waals surface area (Å²) in [6.07, 6.45) is 0. The molecule has 0 nitrogen and oxygen atoms in total. The van der Waals surface area contributed by atoms with E-state index < -0.39 is 0 Å². The SMILES string of the molecule is CC(C)(S)c1ccc2ccccc2c1. The van der Waals surface area contributed by atoms with Crippen molar-refractivity contribution in [3.63, 3.8) is 0 Å². The zero-order valence-electron chi connectivity index (χ0n) is 8.49. The quantitative estimate of drug-likeness (QED) is 0.664. The molecule has 2 aromatic carbocycles. The summed E-state index contributed by atoms with van der Waals surface area (Å²) < 4.78 is -0.0654. The van der Waals surface area contributed by atoms with Crippen LogP contribution >= 0.6 is 12.6 Å². The van der Waals surface area contributed by atoms with Gasteiger partial charge < -0.3 is 0 Å². The lowest BCUT2D eigenvalue weighted by Crippen LogP contribution is -2.06. The van der Waals surface area contributed by atoms with Crippen molar-refractivity contribution in [1.29, 1.82) is 0 Å². The first-order chi connectivity index (χ1) is 6.57. The van der Waals surface area contributed by atoms with Crippen LogP contribution in [0.3, 0.4) is 0 Å². The van der Waals surface area contributed by atoms with Gasteiger partial charge in [-0.05, 0) is 36.2 Å². The van der Waals surface area contributed by atoms with Gasteiger partial charge in [0.25, 0.3) is 0 Å². The smallest absolute Gasteiger partial charge is 0.0322 e. The lowest BCUT2D eigenvalue weighted by Gasteiger charge is -2.18. The topological polar surface area (TPSA) is 0 Å². The molecule has 0 saturated carbocycles. The van der Waals surface area contributed by atoms with Gasteiger partial charge in [-0.25, -0.2) is 0 Å². The largest absolute Gasteiger partial charge is 0.168 e. The van der Waals surface area contributed by atoms with E-state index in [0.717, 1.165) is 0 Å². The van der Waals surface area contributed by atoms with Crippen LogP contribution in [-0.4, -0.2) is 0 Å². The fourth-order valence-corrected chi connectivity index (χ4v) is 1.71. The predicted octanol–water partition coefficient (Wildman–Crippen LogP) is 4.00. The fraction of sp³-hybridized carbons (Fsp3) is 0.231. The van der Waals surface area contributed by atoms with E-state index in [4.69, 9.17) is 0 Å². The van der Waals surface area contributed by atoms with E-state index in [1.165, 1.54) is 16.3 Å². The van der Waals surface area contributed by atoms with Crippen molar-refractivity contribution < 1.29 is 0 Å². The minimum absolute atomic E-state index is 0.0654. The molecule has 0 aliphatic carbocycles. The molecule has 0 atom stereocenters. The van der Waals surface area contributed by atoms with Crippen molar-refractivity contribution in [2.75, 3.05) is 0 Å². The summed E-state index contributed by atoms with van der Waals surface area (Å²) in [6.45, 7) is 4.22. The number of hydrogen-bond acceptors (Lipinski definition) is 1. The fourth-order valence-electron chi connectivity index (χ4n) is 1.57. The molecule has 0 spiro atoms. The Kier molecular flexibility index (Phi) is 2.28. The van der Waals surface area contributed by atoms with Crippen LogP contribution in [0, 0.1) is 0 Å². The van der Waals surface area contributed by atoms with E-state index >= 15 is 0 Å². The van der Waals surface area contributed by atoms with Crippen LogP contribution in [0.25, 0.3) is 10.8 Å². The highest BCUT2D eigenvalue weighted by atomic mass is 32.1. The molecule has 72 valence electrons. The second-order valence-corrected chi connectivity index (χ2v) is 5.24. The van der Waals surface area contributed by atoms with Gasteiger partial charge in [-0.1, -0.05) is 36.4 Å². The standard InChI is InChI=1S/C13H14S/c1-13(2,14)12-8-7-10-5-3-4-6-11(10)9-12/h3-9,14H,1-2H3. The molecule has 0 amide bonds. The van der Waals surface area contributed by atoms with Crippen LogP contribution in [0.4, 0.5) is 0 Å². The van der Waals surface area contributed by atoms with Crippen LogP contribution in [-0.2, 0) is 4.75 Å². The Bertz CT molecular complexity index is 452. The zero-order valence-corrected chi connectivity index (χ0v) is 9.38.